The number of hydrogen-bond donors (Lipinski definition) is 0. The fourth-order valence-corrected chi connectivity index (χ4v) is 5.57. The zero-order valence-corrected chi connectivity index (χ0v) is 23.2. The average molecular weight is 552 g/mol. The quantitative estimate of drug-likeness (QED) is 0.214. The number of nitrogens with zero attached hydrogens (tertiary/aromatic N) is 5. The van der Waals surface area contributed by atoms with Gasteiger partial charge in [0.1, 0.15) is 0 Å². The lowest BCUT2D eigenvalue weighted by Gasteiger charge is -2.10. The zero-order valence-electron chi connectivity index (χ0n) is 23.2. The number of fused-ring (bicyclic) bond motifs is 3. The molecule has 5 heteroatoms. The summed E-state index contributed by atoms with van der Waals surface area (Å²) in [4.78, 5) is 13.4. The maximum Gasteiger partial charge on any atom is 0.0935 e. The molecule has 43 heavy (non-hydrogen) atoms. The molecule has 0 unspecified atom stereocenters. The first kappa shape index (κ1) is 24.8. The van der Waals surface area contributed by atoms with Crippen molar-refractivity contribution in [3.05, 3.63) is 152 Å². The predicted molar refractivity (Wildman–Crippen MR) is 173 cm³/mol. The molecule has 3 aromatic carbocycles. The van der Waals surface area contributed by atoms with Crippen molar-refractivity contribution in [1.29, 1.82) is 0 Å². The topological polar surface area (TPSA) is 56.0 Å². The van der Waals surface area contributed by atoms with Gasteiger partial charge in [0.2, 0.25) is 0 Å². The lowest BCUT2D eigenvalue weighted by Crippen LogP contribution is -1.93. The van der Waals surface area contributed by atoms with E-state index in [4.69, 9.17) is 10.1 Å². The Kier molecular flexibility index (Phi) is 6.05. The van der Waals surface area contributed by atoms with Gasteiger partial charge in [-0.3, -0.25) is 9.97 Å². The standard InChI is InChI=1S/C38H25N5/c1-2-4-38-32(3-1)13-14-34-25-37(42-43(34)38)33-23-35(30-9-5-26(6-10-30)28-15-19-39-20-16-28)41-36(24-33)31-11-7-27(8-12-31)29-17-21-40-22-18-29/h1-25H. The molecule has 0 fully saturated rings. The van der Waals surface area contributed by atoms with Gasteiger partial charge in [-0.25, -0.2) is 9.50 Å². The van der Waals surface area contributed by atoms with Crippen LogP contribution in [0.1, 0.15) is 0 Å². The molecule has 0 amide bonds. The third kappa shape index (κ3) is 4.73. The highest BCUT2D eigenvalue weighted by atomic mass is 15.2. The van der Waals surface area contributed by atoms with Crippen molar-refractivity contribution in [2.24, 2.45) is 0 Å². The molecular formula is C38H25N5. The SMILES string of the molecule is c1ccc2c(c1)ccc1cc(-c3cc(-c4ccc(-c5ccncc5)cc4)nc(-c4ccc(-c5ccncc5)cc4)c3)nn12. The van der Waals surface area contributed by atoms with Crippen molar-refractivity contribution in [2.75, 3.05) is 0 Å². The van der Waals surface area contributed by atoms with Gasteiger partial charge in [0.25, 0.3) is 0 Å². The van der Waals surface area contributed by atoms with E-state index in [1.54, 1.807) is 0 Å². The van der Waals surface area contributed by atoms with E-state index in [9.17, 15) is 0 Å². The van der Waals surface area contributed by atoms with Crippen molar-refractivity contribution in [1.82, 2.24) is 24.6 Å². The third-order valence-corrected chi connectivity index (χ3v) is 7.85. The second-order valence-corrected chi connectivity index (χ2v) is 10.5. The largest absolute Gasteiger partial charge is 0.265 e. The van der Waals surface area contributed by atoms with Crippen LogP contribution in [0.15, 0.2) is 152 Å². The Morgan fingerprint density at radius 1 is 0.395 bits per heavy atom. The van der Waals surface area contributed by atoms with Crippen LogP contribution in [0.2, 0.25) is 0 Å². The number of rotatable bonds is 5. The monoisotopic (exact) mass is 551 g/mol. The molecule has 0 aliphatic carbocycles. The number of para-hydroxylation sites is 1. The van der Waals surface area contributed by atoms with E-state index in [-0.39, 0.29) is 0 Å². The lowest BCUT2D eigenvalue weighted by molar-refractivity contribution is 1.01. The van der Waals surface area contributed by atoms with Gasteiger partial charge in [-0.1, -0.05) is 72.8 Å². The van der Waals surface area contributed by atoms with E-state index >= 15 is 0 Å². The van der Waals surface area contributed by atoms with Crippen LogP contribution in [0.25, 0.3) is 72.4 Å². The number of pyridine rings is 4. The van der Waals surface area contributed by atoms with E-state index in [1.807, 2.05) is 53.6 Å². The Morgan fingerprint density at radius 2 is 0.907 bits per heavy atom. The Bertz CT molecular complexity index is 2100. The molecule has 0 bridgehead atoms. The molecule has 0 atom stereocenters. The number of aromatic nitrogens is 5. The first-order chi connectivity index (χ1) is 21.3. The molecule has 0 saturated heterocycles. The van der Waals surface area contributed by atoms with Gasteiger partial charge < -0.3 is 0 Å². The maximum atomic E-state index is 5.15. The van der Waals surface area contributed by atoms with E-state index in [1.165, 1.54) is 0 Å². The van der Waals surface area contributed by atoms with Gasteiger partial charge >= 0.3 is 0 Å². The smallest absolute Gasteiger partial charge is 0.0935 e. The summed E-state index contributed by atoms with van der Waals surface area (Å²) in [6.45, 7) is 0. The van der Waals surface area contributed by atoms with Crippen molar-refractivity contribution in [3.8, 4) is 56.0 Å². The van der Waals surface area contributed by atoms with Gasteiger partial charge in [-0.05, 0) is 76.9 Å². The summed E-state index contributed by atoms with van der Waals surface area (Å²) in [7, 11) is 0. The summed E-state index contributed by atoms with van der Waals surface area (Å²) >= 11 is 0. The summed E-state index contributed by atoms with van der Waals surface area (Å²) in [5.41, 5.74) is 12.5. The van der Waals surface area contributed by atoms with Crippen LogP contribution in [-0.4, -0.2) is 24.6 Å². The Hall–Kier alpha value is -5.94. The van der Waals surface area contributed by atoms with Gasteiger partial charge in [-0.15, -0.1) is 0 Å². The van der Waals surface area contributed by atoms with Gasteiger partial charge in [0, 0.05) is 46.9 Å². The van der Waals surface area contributed by atoms with Gasteiger partial charge in [-0.2, -0.15) is 5.10 Å². The molecule has 0 spiro atoms. The molecule has 0 aliphatic heterocycles. The zero-order chi connectivity index (χ0) is 28.6. The minimum atomic E-state index is 0.897. The molecule has 8 aromatic rings. The summed E-state index contributed by atoms with van der Waals surface area (Å²) < 4.78 is 2.03. The van der Waals surface area contributed by atoms with Crippen LogP contribution < -0.4 is 0 Å². The van der Waals surface area contributed by atoms with E-state index in [0.29, 0.717) is 0 Å². The van der Waals surface area contributed by atoms with E-state index in [2.05, 4.69) is 113 Å². The Balaban J connectivity index is 1.25. The summed E-state index contributed by atoms with van der Waals surface area (Å²) in [6, 6.07) is 44.2. The van der Waals surface area contributed by atoms with Crippen LogP contribution in [0.4, 0.5) is 0 Å². The molecule has 5 nitrogen and oxygen atoms in total. The minimum absolute atomic E-state index is 0.897. The van der Waals surface area contributed by atoms with Crippen molar-refractivity contribution >= 4 is 16.4 Å². The van der Waals surface area contributed by atoms with Crippen molar-refractivity contribution < 1.29 is 0 Å². The van der Waals surface area contributed by atoms with Crippen LogP contribution in [0.5, 0.6) is 0 Å². The first-order valence-electron chi connectivity index (χ1n) is 14.2. The van der Waals surface area contributed by atoms with Crippen LogP contribution in [0, 0.1) is 0 Å². The molecular weight excluding hydrogens is 526 g/mol. The Labute approximate surface area is 248 Å². The average Bonchev–Trinajstić information content (AvgIpc) is 3.54. The predicted octanol–water partition coefficient (Wildman–Crippen LogP) is 9.01. The fraction of sp³-hybridized carbons (Fsp3) is 0. The van der Waals surface area contributed by atoms with Crippen molar-refractivity contribution in [2.45, 2.75) is 0 Å². The first-order valence-corrected chi connectivity index (χ1v) is 14.2. The highest BCUT2D eigenvalue weighted by Gasteiger charge is 2.13. The summed E-state index contributed by atoms with van der Waals surface area (Å²) in [5.74, 6) is 0. The molecule has 5 aromatic heterocycles. The second kappa shape index (κ2) is 10.5. The number of hydrogen-bond acceptors (Lipinski definition) is 4. The third-order valence-electron chi connectivity index (χ3n) is 7.85. The minimum Gasteiger partial charge on any atom is -0.265 e. The number of benzene rings is 3. The Morgan fingerprint density at radius 3 is 1.49 bits per heavy atom. The van der Waals surface area contributed by atoms with Gasteiger partial charge in [0.05, 0.1) is 28.1 Å². The van der Waals surface area contributed by atoms with Gasteiger partial charge in [0.15, 0.2) is 0 Å². The van der Waals surface area contributed by atoms with E-state index in [0.717, 1.165) is 72.4 Å². The molecule has 8 rings (SSSR count). The molecule has 202 valence electrons. The van der Waals surface area contributed by atoms with Crippen LogP contribution in [0.3, 0.4) is 0 Å². The summed E-state index contributed by atoms with van der Waals surface area (Å²) in [6.07, 6.45) is 7.27. The lowest BCUT2D eigenvalue weighted by atomic mass is 9.99. The molecule has 0 aliphatic rings. The molecule has 5 heterocycles. The maximum absolute atomic E-state index is 5.15. The molecule has 0 N–H and O–H groups in total. The molecule has 0 radical (unpaired) electrons. The normalized spacial score (nSPS) is 11.3. The van der Waals surface area contributed by atoms with E-state index < -0.39 is 0 Å². The highest BCUT2D eigenvalue weighted by molar-refractivity contribution is 5.84. The second-order valence-electron chi connectivity index (χ2n) is 10.5. The van der Waals surface area contributed by atoms with Crippen molar-refractivity contribution in [3.63, 3.8) is 0 Å². The van der Waals surface area contributed by atoms with Crippen LogP contribution in [-0.2, 0) is 0 Å². The highest BCUT2D eigenvalue weighted by Crippen LogP contribution is 2.33. The van der Waals surface area contributed by atoms with Crippen LogP contribution >= 0.6 is 0 Å². The molecule has 0 saturated carbocycles. The fourth-order valence-electron chi connectivity index (χ4n) is 5.57. The summed E-state index contributed by atoms with van der Waals surface area (Å²) in [5, 5.41) is 6.22.